The van der Waals surface area contributed by atoms with Crippen LogP contribution in [0.5, 0.6) is 5.75 Å². The van der Waals surface area contributed by atoms with Gasteiger partial charge in [0.05, 0.1) is 17.2 Å². The average molecular weight is 326 g/mol. The summed E-state index contributed by atoms with van der Waals surface area (Å²) in [6.07, 6.45) is 1.08. The smallest absolute Gasteiger partial charge is 0.125 e. The van der Waals surface area contributed by atoms with Crippen molar-refractivity contribution in [3.05, 3.63) is 28.2 Å². The van der Waals surface area contributed by atoms with Crippen molar-refractivity contribution in [2.24, 2.45) is 10.9 Å². The molecule has 3 rings (SSSR count). The molecular formula is C14H16BrNOS. The van der Waals surface area contributed by atoms with E-state index in [1.165, 1.54) is 10.6 Å². The van der Waals surface area contributed by atoms with Crippen LogP contribution in [0.25, 0.3) is 0 Å². The molecule has 0 N–H and O–H groups in total. The number of hydrogen-bond acceptors (Lipinski definition) is 3. The second-order valence-corrected chi connectivity index (χ2v) is 7.19. The van der Waals surface area contributed by atoms with Crippen LogP contribution >= 0.6 is 27.7 Å². The predicted octanol–water partition coefficient (Wildman–Crippen LogP) is 4.23. The highest BCUT2D eigenvalue weighted by Gasteiger charge is 2.42. The van der Waals surface area contributed by atoms with E-state index >= 15 is 0 Å². The molecule has 0 radical (unpaired) electrons. The van der Waals surface area contributed by atoms with Gasteiger partial charge >= 0.3 is 0 Å². The first-order valence-corrected chi connectivity index (χ1v) is 7.99. The normalized spacial score (nSPS) is 30.6. The molecule has 1 aromatic carbocycles. The minimum Gasteiger partial charge on any atom is -0.493 e. The van der Waals surface area contributed by atoms with E-state index in [0.717, 1.165) is 29.0 Å². The number of halogens is 1. The molecular weight excluding hydrogens is 310 g/mol. The molecule has 1 aromatic rings. The van der Waals surface area contributed by atoms with Crippen molar-refractivity contribution in [2.45, 2.75) is 25.8 Å². The van der Waals surface area contributed by atoms with Gasteiger partial charge in [-0.2, -0.15) is 0 Å². The van der Waals surface area contributed by atoms with Crippen molar-refractivity contribution >= 4 is 32.7 Å². The van der Waals surface area contributed by atoms with E-state index in [1.807, 2.05) is 17.8 Å². The molecule has 0 aromatic heterocycles. The maximum absolute atomic E-state index is 5.90. The molecule has 2 aliphatic rings. The molecule has 2 nitrogen and oxygen atoms in total. The zero-order chi connectivity index (χ0) is 12.8. The van der Waals surface area contributed by atoms with Crippen LogP contribution < -0.4 is 4.74 Å². The van der Waals surface area contributed by atoms with Gasteiger partial charge in [0.25, 0.3) is 0 Å². The first kappa shape index (κ1) is 12.5. The van der Waals surface area contributed by atoms with Crippen molar-refractivity contribution in [1.29, 1.82) is 0 Å². The Balaban J connectivity index is 2.19. The topological polar surface area (TPSA) is 21.6 Å². The van der Waals surface area contributed by atoms with Gasteiger partial charge in [0.15, 0.2) is 0 Å². The summed E-state index contributed by atoms with van der Waals surface area (Å²) in [6, 6.07) is 6.26. The molecule has 0 spiro atoms. The van der Waals surface area contributed by atoms with Crippen LogP contribution in [0.15, 0.2) is 27.7 Å². The number of hydrogen-bond donors (Lipinski definition) is 0. The lowest BCUT2D eigenvalue weighted by molar-refractivity contribution is 0.271. The molecule has 0 saturated heterocycles. The number of ether oxygens (including phenoxy) is 1. The minimum atomic E-state index is -0.134. The largest absolute Gasteiger partial charge is 0.493 e. The summed E-state index contributed by atoms with van der Waals surface area (Å²) in [5, 5.41) is 1.18. The fraction of sp³-hybridized carbons (Fsp3) is 0.500. The van der Waals surface area contributed by atoms with Crippen LogP contribution in [0.1, 0.15) is 25.8 Å². The molecule has 0 saturated carbocycles. The van der Waals surface area contributed by atoms with Gasteiger partial charge in [0.1, 0.15) is 5.75 Å². The zero-order valence-corrected chi connectivity index (χ0v) is 13.0. The standard InChI is InChI=1S/C14H16BrNOS/c1-9-16-14(2)10(8-18-9)5-6-17-13-4-3-11(15)7-12(13)14/h3-4,7,10H,5-6,8H2,1-2H3/t10-,14+/m1/s1. The van der Waals surface area contributed by atoms with E-state index in [0.29, 0.717) is 5.92 Å². The van der Waals surface area contributed by atoms with Crippen molar-refractivity contribution < 1.29 is 4.74 Å². The average Bonchev–Trinajstić information content (AvgIpc) is 2.46. The van der Waals surface area contributed by atoms with Crippen molar-refractivity contribution in [3.8, 4) is 5.75 Å². The molecule has 96 valence electrons. The molecule has 4 heteroatoms. The van der Waals surface area contributed by atoms with Gasteiger partial charge in [-0.25, -0.2) is 0 Å². The van der Waals surface area contributed by atoms with E-state index in [4.69, 9.17) is 9.73 Å². The van der Waals surface area contributed by atoms with Gasteiger partial charge in [0, 0.05) is 21.7 Å². The minimum absolute atomic E-state index is 0.134. The Morgan fingerprint density at radius 1 is 1.50 bits per heavy atom. The van der Waals surface area contributed by atoms with Crippen LogP contribution in [-0.2, 0) is 5.54 Å². The lowest BCUT2D eigenvalue weighted by atomic mass is 9.79. The summed E-state index contributed by atoms with van der Waals surface area (Å²) >= 11 is 5.44. The van der Waals surface area contributed by atoms with Crippen LogP contribution in [0.4, 0.5) is 0 Å². The van der Waals surface area contributed by atoms with Gasteiger partial charge < -0.3 is 4.74 Å². The summed E-state index contributed by atoms with van der Waals surface area (Å²) in [4.78, 5) is 4.96. The van der Waals surface area contributed by atoms with E-state index in [9.17, 15) is 0 Å². The third kappa shape index (κ3) is 1.99. The fourth-order valence-electron chi connectivity index (χ4n) is 2.81. The van der Waals surface area contributed by atoms with Gasteiger partial charge in [-0.15, -0.1) is 11.8 Å². The van der Waals surface area contributed by atoms with Crippen molar-refractivity contribution in [2.75, 3.05) is 12.4 Å². The number of nitrogens with zero attached hydrogens (tertiary/aromatic N) is 1. The number of fused-ring (bicyclic) bond motifs is 3. The van der Waals surface area contributed by atoms with Gasteiger partial charge in [-0.05, 0) is 38.5 Å². The Morgan fingerprint density at radius 2 is 2.33 bits per heavy atom. The second kappa shape index (κ2) is 4.57. The highest BCUT2D eigenvalue weighted by atomic mass is 79.9. The van der Waals surface area contributed by atoms with Gasteiger partial charge in [-0.1, -0.05) is 15.9 Å². The summed E-state index contributed by atoms with van der Waals surface area (Å²) in [6.45, 7) is 5.15. The summed E-state index contributed by atoms with van der Waals surface area (Å²) in [5.41, 5.74) is 1.09. The Bertz CT molecular complexity index is 517. The number of rotatable bonds is 0. The Labute approximate surface area is 120 Å². The molecule has 0 unspecified atom stereocenters. The van der Waals surface area contributed by atoms with Crippen LogP contribution in [0, 0.1) is 5.92 Å². The molecule has 0 amide bonds. The third-order valence-corrected chi connectivity index (χ3v) is 5.46. The summed E-state index contributed by atoms with van der Waals surface area (Å²) < 4.78 is 6.99. The SMILES string of the molecule is CC1=N[C@]2(C)c3cc(Br)ccc3OCC[C@@H]2CS1. The first-order chi connectivity index (χ1) is 8.59. The van der Waals surface area contributed by atoms with Crippen LogP contribution in [0.3, 0.4) is 0 Å². The lowest BCUT2D eigenvalue weighted by Crippen LogP contribution is -2.35. The highest BCUT2D eigenvalue weighted by Crippen LogP contribution is 2.47. The van der Waals surface area contributed by atoms with Gasteiger partial charge in [-0.3, -0.25) is 4.99 Å². The summed E-state index contributed by atoms with van der Waals surface area (Å²) in [7, 11) is 0. The molecule has 2 heterocycles. The molecule has 2 aliphatic heterocycles. The quantitative estimate of drug-likeness (QED) is 0.712. The monoisotopic (exact) mass is 325 g/mol. The Hall–Kier alpha value is -0.480. The molecule has 18 heavy (non-hydrogen) atoms. The second-order valence-electron chi connectivity index (χ2n) is 5.06. The van der Waals surface area contributed by atoms with E-state index < -0.39 is 0 Å². The van der Waals surface area contributed by atoms with E-state index in [1.54, 1.807) is 0 Å². The van der Waals surface area contributed by atoms with Crippen LogP contribution in [0.2, 0.25) is 0 Å². The maximum Gasteiger partial charge on any atom is 0.125 e. The zero-order valence-electron chi connectivity index (χ0n) is 10.6. The fourth-order valence-corrected chi connectivity index (χ4v) is 4.36. The number of thioether (sulfide) groups is 1. The predicted molar refractivity (Wildman–Crippen MR) is 80.7 cm³/mol. The Kier molecular flexibility index (Phi) is 3.18. The Morgan fingerprint density at radius 3 is 3.17 bits per heavy atom. The van der Waals surface area contributed by atoms with Crippen LogP contribution in [-0.4, -0.2) is 17.4 Å². The van der Waals surface area contributed by atoms with E-state index in [-0.39, 0.29) is 5.54 Å². The van der Waals surface area contributed by atoms with Gasteiger partial charge in [0.2, 0.25) is 0 Å². The van der Waals surface area contributed by atoms with Crippen molar-refractivity contribution in [1.82, 2.24) is 0 Å². The first-order valence-electron chi connectivity index (χ1n) is 6.21. The number of aliphatic imine (C=N–C) groups is 1. The highest BCUT2D eigenvalue weighted by molar-refractivity contribution is 9.10. The maximum atomic E-state index is 5.90. The molecule has 2 atom stereocenters. The summed E-state index contributed by atoms with van der Waals surface area (Å²) in [5.74, 6) is 2.69. The third-order valence-electron chi connectivity index (χ3n) is 3.89. The molecule has 0 aliphatic carbocycles. The van der Waals surface area contributed by atoms with E-state index in [2.05, 4.69) is 41.9 Å². The number of benzene rings is 1. The molecule has 0 fully saturated rings. The van der Waals surface area contributed by atoms with Crippen molar-refractivity contribution in [3.63, 3.8) is 0 Å². The lowest BCUT2D eigenvalue weighted by Gasteiger charge is -2.37. The molecule has 0 bridgehead atoms.